The van der Waals surface area contributed by atoms with Crippen molar-refractivity contribution in [1.82, 2.24) is 14.8 Å². The second-order valence-electron chi connectivity index (χ2n) is 6.24. The number of benzene rings is 1. The van der Waals surface area contributed by atoms with E-state index in [0.29, 0.717) is 28.6 Å². The summed E-state index contributed by atoms with van der Waals surface area (Å²) in [6.45, 7) is 4.28. The van der Waals surface area contributed by atoms with E-state index in [9.17, 15) is 4.79 Å². The third-order valence-electron chi connectivity index (χ3n) is 4.35. The summed E-state index contributed by atoms with van der Waals surface area (Å²) in [4.78, 5) is 19.2. The summed E-state index contributed by atoms with van der Waals surface area (Å²) in [5, 5.41) is 5.73. The molecule has 0 radical (unpaired) electrons. The molecule has 3 heterocycles. The standard InChI is InChI=1S/C18H17ClN4O2/c1-10-9-23(15-6-4-5-14(19)16(15)25-10)18(24)12-7-13-11(2)21-22(3)17(13)20-8-12/h4-8,10H,9H2,1-3H3. The Kier molecular flexibility index (Phi) is 3.65. The zero-order chi connectivity index (χ0) is 17.7. The highest BCUT2D eigenvalue weighted by Crippen LogP contribution is 2.39. The number of nitrogens with zero attached hydrogens (tertiary/aromatic N) is 4. The molecular formula is C18H17ClN4O2. The molecular weight excluding hydrogens is 340 g/mol. The molecule has 1 aliphatic heterocycles. The van der Waals surface area contributed by atoms with E-state index in [1.807, 2.05) is 39.1 Å². The van der Waals surface area contributed by atoms with E-state index < -0.39 is 0 Å². The van der Waals surface area contributed by atoms with Gasteiger partial charge in [0.05, 0.1) is 28.5 Å². The molecule has 1 atom stereocenters. The Balaban J connectivity index is 1.79. The van der Waals surface area contributed by atoms with Crippen molar-refractivity contribution < 1.29 is 9.53 Å². The highest BCUT2D eigenvalue weighted by molar-refractivity contribution is 6.32. The van der Waals surface area contributed by atoms with Crippen LogP contribution in [0.1, 0.15) is 23.0 Å². The summed E-state index contributed by atoms with van der Waals surface area (Å²) in [7, 11) is 1.84. The van der Waals surface area contributed by atoms with Crippen LogP contribution >= 0.6 is 11.6 Å². The Hall–Kier alpha value is -2.60. The van der Waals surface area contributed by atoms with Gasteiger partial charge in [-0.05, 0) is 32.0 Å². The lowest BCUT2D eigenvalue weighted by molar-refractivity contribution is 0.0961. The van der Waals surface area contributed by atoms with Gasteiger partial charge in [-0.25, -0.2) is 4.98 Å². The average molecular weight is 357 g/mol. The maximum absolute atomic E-state index is 13.1. The Bertz CT molecular complexity index is 998. The Morgan fingerprint density at radius 1 is 1.40 bits per heavy atom. The number of aryl methyl sites for hydroxylation is 2. The van der Waals surface area contributed by atoms with Crippen LogP contribution in [0, 0.1) is 6.92 Å². The second kappa shape index (κ2) is 5.74. The molecule has 1 aromatic carbocycles. The van der Waals surface area contributed by atoms with Gasteiger partial charge >= 0.3 is 0 Å². The predicted octanol–water partition coefficient (Wildman–Crippen LogP) is 3.36. The van der Waals surface area contributed by atoms with Gasteiger partial charge < -0.3 is 9.64 Å². The number of fused-ring (bicyclic) bond motifs is 2. The normalized spacial score (nSPS) is 16.6. The van der Waals surface area contributed by atoms with Gasteiger partial charge in [0.1, 0.15) is 6.10 Å². The van der Waals surface area contributed by atoms with Crippen molar-refractivity contribution in [3.05, 3.63) is 46.7 Å². The van der Waals surface area contributed by atoms with E-state index in [0.717, 1.165) is 16.7 Å². The molecule has 0 N–H and O–H groups in total. The molecule has 25 heavy (non-hydrogen) atoms. The van der Waals surface area contributed by atoms with E-state index in [-0.39, 0.29) is 12.0 Å². The predicted molar refractivity (Wildman–Crippen MR) is 96.5 cm³/mol. The van der Waals surface area contributed by atoms with Gasteiger partial charge in [-0.1, -0.05) is 17.7 Å². The van der Waals surface area contributed by atoms with Crippen LogP contribution in [0.5, 0.6) is 5.75 Å². The molecule has 0 saturated carbocycles. The molecule has 6 nitrogen and oxygen atoms in total. The molecule has 0 fully saturated rings. The Labute approximate surface area is 150 Å². The molecule has 0 saturated heterocycles. The zero-order valence-electron chi connectivity index (χ0n) is 14.2. The van der Waals surface area contributed by atoms with Crippen molar-refractivity contribution in [1.29, 1.82) is 0 Å². The van der Waals surface area contributed by atoms with Crippen LogP contribution in [-0.2, 0) is 7.05 Å². The van der Waals surface area contributed by atoms with Crippen molar-refractivity contribution in [2.75, 3.05) is 11.4 Å². The monoisotopic (exact) mass is 356 g/mol. The van der Waals surface area contributed by atoms with E-state index in [1.54, 1.807) is 21.8 Å². The SMILES string of the molecule is Cc1nn(C)c2ncc(C(=O)N3CC(C)Oc4c(Cl)cccc43)cc12. The van der Waals surface area contributed by atoms with E-state index in [4.69, 9.17) is 16.3 Å². The summed E-state index contributed by atoms with van der Waals surface area (Å²) < 4.78 is 7.53. The van der Waals surface area contributed by atoms with E-state index >= 15 is 0 Å². The van der Waals surface area contributed by atoms with Crippen LogP contribution in [-0.4, -0.2) is 33.3 Å². The van der Waals surface area contributed by atoms with Gasteiger partial charge in [0.15, 0.2) is 11.4 Å². The maximum Gasteiger partial charge on any atom is 0.260 e. The fourth-order valence-electron chi connectivity index (χ4n) is 3.19. The number of hydrogen-bond donors (Lipinski definition) is 0. The highest BCUT2D eigenvalue weighted by atomic mass is 35.5. The topological polar surface area (TPSA) is 60.2 Å². The van der Waals surface area contributed by atoms with Gasteiger partial charge in [-0.15, -0.1) is 0 Å². The van der Waals surface area contributed by atoms with Crippen LogP contribution in [0.2, 0.25) is 5.02 Å². The van der Waals surface area contributed by atoms with Crippen molar-refractivity contribution in [3.63, 3.8) is 0 Å². The fraction of sp³-hybridized carbons (Fsp3) is 0.278. The molecule has 3 aromatic rings. The lowest BCUT2D eigenvalue weighted by Crippen LogP contribution is -2.42. The summed E-state index contributed by atoms with van der Waals surface area (Å²) in [5.74, 6) is 0.416. The number of carbonyl (C=O) groups excluding carboxylic acids is 1. The molecule has 0 spiro atoms. The van der Waals surface area contributed by atoms with Gasteiger partial charge in [0.25, 0.3) is 5.91 Å². The number of aromatic nitrogens is 3. The summed E-state index contributed by atoms with van der Waals surface area (Å²) >= 11 is 6.24. The highest BCUT2D eigenvalue weighted by Gasteiger charge is 2.30. The molecule has 1 aliphatic rings. The molecule has 128 valence electrons. The fourth-order valence-corrected chi connectivity index (χ4v) is 3.41. The summed E-state index contributed by atoms with van der Waals surface area (Å²) in [5.41, 5.74) is 2.80. The molecule has 1 amide bonds. The minimum absolute atomic E-state index is 0.128. The number of amides is 1. The first-order valence-electron chi connectivity index (χ1n) is 8.02. The van der Waals surface area contributed by atoms with Crippen LogP contribution in [0.4, 0.5) is 5.69 Å². The lowest BCUT2D eigenvalue weighted by Gasteiger charge is -2.33. The first-order chi connectivity index (χ1) is 12.0. The van der Waals surface area contributed by atoms with Crippen molar-refractivity contribution in [2.45, 2.75) is 20.0 Å². The second-order valence-corrected chi connectivity index (χ2v) is 6.64. The summed E-state index contributed by atoms with van der Waals surface area (Å²) in [6.07, 6.45) is 1.45. The van der Waals surface area contributed by atoms with Gasteiger partial charge in [0, 0.05) is 18.6 Å². The molecule has 7 heteroatoms. The number of para-hydroxylation sites is 1. The van der Waals surface area contributed by atoms with Crippen LogP contribution in [0.25, 0.3) is 11.0 Å². The van der Waals surface area contributed by atoms with E-state index in [2.05, 4.69) is 10.1 Å². The number of rotatable bonds is 1. The number of anilines is 1. The molecule has 0 bridgehead atoms. The van der Waals surface area contributed by atoms with E-state index in [1.165, 1.54) is 0 Å². The first kappa shape index (κ1) is 15.9. The van der Waals surface area contributed by atoms with Crippen molar-refractivity contribution in [3.8, 4) is 5.75 Å². The maximum atomic E-state index is 13.1. The number of hydrogen-bond acceptors (Lipinski definition) is 4. The minimum atomic E-state index is -0.145. The molecule has 2 aromatic heterocycles. The molecule has 4 rings (SSSR count). The van der Waals surface area contributed by atoms with Crippen LogP contribution in [0.15, 0.2) is 30.5 Å². The van der Waals surface area contributed by atoms with Crippen molar-refractivity contribution >= 4 is 34.2 Å². The lowest BCUT2D eigenvalue weighted by atomic mass is 10.1. The van der Waals surface area contributed by atoms with Crippen molar-refractivity contribution in [2.24, 2.45) is 7.05 Å². The van der Waals surface area contributed by atoms with Gasteiger partial charge in [-0.2, -0.15) is 5.10 Å². The minimum Gasteiger partial charge on any atom is -0.485 e. The number of ether oxygens (including phenoxy) is 1. The quantitative estimate of drug-likeness (QED) is 0.670. The first-order valence-corrected chi connectivity index (χ1v) is 8.40. The third-order valence-corrected chi connectivity index (χ3v) is 4.65. The van der Waals surface area contributed by atoms with Gasteiger partial charge in [-0.3, -0.25) is 9.48 Å². The largest absolute Gasteiger partial charge is 0.485 e. The number of halogens is 1. The molecule has 0 aliphatic carbocycles. The van der Waals surface area contributed by atoms with Crippen LogP contribution < -0.4 is 9.64 Å². The number of carbonyl (C=O) groups is 1. The average Bonchev–Trinajstić information content (AvgIpc) is 2.88. The zero-order valence-corrected chi connectivity index (χ0v) is 14.9. The Morgan fingerprint density at radius 2 is 2.20 bits per heavy atom. The van der Waals surface area contributed by atoms with Gasteiger partial charge in [0.2, 0.25) is 0 Å². The Morgan fingerprint density at radius 3 is 3.00 bits per heavy atom. The molecule has 1 unspecified atom stereocenters. The number of pyridine rings is 1. The third kappa shape index (κ3) is 2.53. The summed E-state index contributed by atoms with van der Waals surface area (Å²) in [6, 6.07) is 7.25. The van der Waals surface area contributed by atoms with Crippen LogP contribution in [0.3, 0.4) is 0 Å². The smallest absolute Gasteiger partial charge is 0.260 e.